The lowest BCUT2D eigenvalue weighted by atomic mass is 10.1. The number of Topliss-reactive ketones (excluding diaryl/α,β-unsaturated/α-hetero) is 1. The highest BCUT2D eigenvalue weighted by atomic mass is 32.2. The quantitative estimate of drug-likeness (QED) is 0.475. The number of pyridine rings is 1. The lowest BCUT2D eigenvalue weighted by Gasteiger charge is -2.07. The minimum absolute atomic E-state index is 0.0103. The van der Waals surface area contributed by atoms with Gasteiger partial charge in [-0.25, -0.2) is 4.98 Å². The van der Waals surface area contributed by atoms with E-state index in [0.29, 0.717) is 16.2 Å². The second kappa shape index (κ2) is 8.32. The fraction of sp³-hybridized carbons (Fsp3) is 0.0952. The van der Waals surface area contributed by atoms with Crippen molar-refractivity contribution in [3.63, 3.8) is 0 Å². The van der Waals surface area contributed by atoms with Crippen molar-refractivity contribution in [1.82, 2.24) is 4.98 Å². The number of carbonyl (C=O) groups is 1. The largest absolute Gasteiger partial charge is 0.497 e. The Morgan fingerprint density at radius 2 is 1.81 bits per heavy atom. The number of thioether (sulfide) groups is 1. The van der Waals surface area contributed by atoms with Crippen molar-refractivity contribution in [3.05, 3.63) is 77.9 Å². The van der Waals surface area contributed by atoms with Gasteiger partial charge in [-0.1, -0.05) is 42.1 Å². The molecule has 1 aromatic heterocycles. The predicted octanol–water partition coefficient (Wildman–Crippen LogP) is 4.60. The zero-order valence-corrected chi connectivity index (χ0v) is 15.0. The van der Waals surface area contributed by atoms with E-state index < -0.39 is 0 Å². The molecule has 0 amide bonds. The summed E-state index contributed by atoms with van der Waals surface area (Å²) in [4.78, 5) is 16.9. The van der Waals surface area contributed by atoms with Crippen LogP contribution in [-0.2, 0) is 0 Å². The van der Waals surface area contributed by atoms with E-state index in [2.05, 4.69) is 11.1 Å². The van der Waals surface area contributed by atoms with Crippen molar-refractivity contribution in [2.45, 2.75) is 5.03 Å². The van der Waals surface area contributed by atoms with Gasteiger partial charge < -0.3 is 4.74 Å². The minimum Gasteiger partial charge on any atom is -0.497 e. The SMILES string of the molecule is COc1ccc(-c2ccc(C#N)c(SCC(=O)c3ccccc3)n2)cc1. The van der Waals surface area contributed by atoms with Crippen molar-refractivity contribution in [2.75, 3.05) is 12.9 Å². The molecule has 0 atom stereocenters. The van der Waals surface area contributed by atoms with Crippen molar-refractivity contribution < 1.29 is 9.53 Å². The topological polar surface area (TPSA) is 63.0 Å². The molecule has 0 aliphatic heterocycles. The molecule has 0 fully saturated rings. The lowest BCUT2D eigenvalue weighted by Crippen LogP contribution is -2.03. The third kappa shape index (κ3) is 4.11. The zero-order valence-electron chi connectivity index (χ0n) is 14.2. The van der Waals surface area contributed by atoms with Crippen molar-refractivity contribution >= 4 is 17.5 Å². The van der Waals surface area contributed by atoms with Gasteiger partial charge in [0.15, 0.2) is 5.78 Å². The van der Waals surface area contributed by atoms with Crippen LogP contribution in [-0.4, -0.2) is 23.6 Å². The maximum absolute atomic E-state index is 12.3. The molecule has 0 saturated carbocycles. The molecule has 5 heteroatoms. The summed E-state index contributed by atoms with van der Waals surface area (Å²) < 4.78 is 5.17. The summed E-state index contributed by atoms with van der Waals surface area (Å²) in [5, 5.41) is 9.89. The molecule has 0 aliphatic carbocycles. The van der Waals surface area contributed by atoms with E-state index in [4.69, 9.17) is 4.74 Å². The maximum atomic E-state index is 12.3. The Bertz CT molecular complexity index is 948. The third-order valence-electron chi connectivity index (χ3n) is 3.80. The van der Waals surface area contributed by atoms with E-state index in [1.807, 2.05) is 48.5 Å². The molecule has 26 heavy (non-hydrogen) atoms. The lowest BCUT2D eigenvalue weighted by molar-refractivity contribution is 0.102. The van der Waals surface area contributed by atoms with Crippen LogP contribution in [0.5, 0.6) is 5.75 Å². The molecule has 2 aromatic carbocycles. The molecule has 0 saturated heterocycles. The second-order valence-corrected chi connectivity index (χ2v) is 6.43. The standard InChI is InChI=1S/C21H16N2O2S/c1-25-18-10-7-15(8-11-18)19-12-9-17(13-22)21(23-19)26-14-20(24)16-5-3-2-4-6-16/h2-12H,14H2,1H3. The highest BCUT2D eigenvalue weighted by molar-refractivity contribution is 8.00. The van der Waals surface area contributed by atoms with Crippen molar-refractivity contribution in [3.8, 4) is 23.1 Å². The summed E-state index contributed by atoms with van der Waals surface area (Å²) in [6.45, 7) is 0. The number of hydrogen-bond acceptors (Lipinski definition) is 5. The fourth-order valence-corrected chi connectivity index (χ4v) is 3.27. The number of nitriles is 1. The summed E-state index contributed by atoms with van der Waals surface area (Å²) in [6, 6.07) is 22.4. The summed E-state index contributed by atoms with van der Waals surface area (Å²) in [7, 11) is 1.62. The van der Waals surface area contributed by atoms with E-state index in [-0.39, 0.29) is 11.5 Å². The van der Waals surface area contributed by atoms with E-state index in [9.17, 15) is 10.1 Å². The predicted molar refractivity (Wildman–Crippen MR) is 102 cm³/mol. The Balaban J connectivity index is 1.81. The number of hydrogen-bond donors (Lipinski definition) is 0. The molecule has 0 spiro atoms. The number of aromatic nitrogens is 1. The number of rotatable bonds is 6. The van der Waals surface area contributed by atoms with E-state index >= 15 is 0 Å². The fourth-order valence-electron chi connectivity index (χ4n) is 2.40. The monoisotopic (exact) mass is 360 g/mol. The van der Waals surface area contributed by atoms with Gasteiger partial charge in [0, 0.05) is 11.1 Å². The average Bonchev–Trinajstić information content (AvgIpc) is 2.72. The van der Waals surface area contributed by atoms with Gasteiger partial charge in [0.2, 0.25) is 0 Å². The second-order valence-electron chi connectivity index (χ2n) is 5.47. The molecular weight excluding hydrogens is 344 g/mol. The Labute approximate surface area is 156 Å². The summed E-state index contributed by atoms with van der Waals surface area (Å²) >= 11 is 1.28. The van der Waals surface area contributed by atoms with Crippen molar-refractivity contribution in [1.29, 1.82) is 5.26 Å². The van der Waals surface area contributed by atoms with Gasteiger partial charge in [-0.05, 0) is 36.4 Å². The summed E-state index contributed by atoms with van der Waals surface area (Å²) in [5.74, 6) is 1.01. The Hall–Kier alpha value is -3.10. The molecule has 3 aromatic rings. The first-order chi connectivity index (χ1) is 12.7. The van der Waals surface area contributed by atoms with Gasteiger partial charge in [0.05, 0.1) is 24.1 Å². The van der Waals surface area contributed by atoms with E-state index in [1.165, 1.54) is 11.8 Å². The third-order valence-corrected chi connectivity index (χ3v) is 4.79. The van der Waals surface area contributed by atoms with Crippen molar-refractivity contribution in [2.24, 2.45) is 0 Å². The molecule has 0 radical (unpaired) electrons. The molecule has 3 rings (SSSR count). The normalized spacial score (nSPS) is 10.2. The van der Waals surface area contributed by atoms with Crippen LogP contribution in [0.15, 0.2) is 71.8 Å². The summed E-state index contributed by atoms with van der Waals surface area (Å²) in [5.41, 5.74) is 2.80. The smallest absolute Gasteiger partial charge is 0.173 e. The number of ketones is 1. The van der Waals surface area contributed by atoms with Crippen LogP contribution in [0, 0.1) is 11.3 Å². The Morgan fingerprint density at radius 1 is 1.08 bits per heavy atom. The Kier molecular flexibility index (Phi) is 5.67. The molecule has 0 N–H and O–H groups in total. The van der Waals surface area contributed by atoms with Gasteiger partial charge in [-0.15, -0.1) is 0 Å². The molecule has 128 valence electrons. The first-order valence-electron chi connectivity index (χ1n) is 7.98. The van der Waals surface area contributed by atoms with Crippen LogP contribution in [0.4, 0.5) is 0 Å². The number of benzene rings is 2. The van der Waals surface area contributed by atoms with Gasteiger partial charge in [-0.2, -0.15) is 5.26 Å². The van der Waals surface area contributed by atoms with E-state index in [1.54, 1.807) is 25.3 Å². The molecule has 4 nitrogen and oxygen atoms in total. The molecule has 0 aliphatic rings. The maximum Gasteiger partial charge on any atom is 0.173 e. The first kappa shape index (κ1) is 17.7. The highest BCUT2D eigenvalue weighted by Gasteiger charge is 2.12. The van der Waals surface area contributed by atoms with Crippen LogP contribution < -0.4 is 4.74 Å². The number of carbonyl (C=O) groups excluding carboxylic acids is 1. The number of ether oxygens (including phenoxy) is 1. The molecular formula is C21H16N2O2S. The van der Waals surface area contributed by atoms with Gasteiger partial charge in [0.1, 0.15) is 16.8 Å². The minimum atomic E-state index is 0.0103. The Morgan fingerprint density at radius 3 is 2.46 bits per heavy atom. The first-order valence-corrected chi connectivity index (χ1v) is 8.96. The number of nitrogens with zero attached hydrogens (tertiary/aromatic N) is 2. The van der Waals surface area contributed by atoms with Crippen LogP contribution in [0.25, 0.3) is 11.3 Å². The van der Waals surface area contributed by atoms with Gasteiger partial charge in [-0.3, -0.25) is 4.79 Å². The van der Waals surface area contributed by atoms with Crippen LogP contribution in [0.2, 0.25) is 0 Å². The van der Waals surface area contributed by atoms with Gasteiger partial charge >= 0.3 is 0 Å². The van der Waals surface area contributed by atoms with E-state index in [0.717, 1.165) is 17.0 Å². The summed E-state index contributed by atoms with van der Waals surface area (Å²) in [6.07, 6.45) is 0. The highest BCUT2D eigenvalue weighted by Crippen LogP contribution is 2.27. The average molecular weight is 360 g/mol. The van der Waals surface area contributed by atoms with Gasteiger partial charge in [0.25, 0.3) is 0 Å². The number of methoxy groups -OCH3 is 1. The van der Waals surface area contributed by atoms with Crippen LogP contribution >= 0.6 is 11.8 Å². The molecule has 0 bridgehead atoms. The molecule has 0 unspecified atom stereocenters. The van der Waals surface area contributed by atoms with Crippen LogP contribution in [0.1, 0.15) is 15.9 Å². The van der Waals surface area contributed by atoms with Crippen LogP contribution in [0.3, 0.4) is 0 Å². The zero-order chi connectivity index (χ0) is 18.4. The molecule has 1 heterocycles.